The largest absolute Gasteiger partial charge is 0.479 e. The molecule has 0 atom stereocenters. The van der Waals surface area contributed by atoms with Crippen LogP contribution in [-0.4, -0.2) is 31.3 Å². The molecular formula is C11H10FNO3. The van der Waals surface area contributed by atoms with Crippen LogP contribution in [0.4, 0.5) is 4.39 Å². The Hall–Kier alpha value is -2.09. The predicted molar refractivity (Wildman–Crippen MR) is 54.8 cm³/mol. The normalized spacial score (nSPS) is 8.88. The summed E-state index contributed by atoms with van der Waals surface area (Å²) in [7, 11) is 1.28. The molecule has 0 saturated carbocycles. The summed E-state index contributed by atoms with van der Waals surface area (Å²) in [6.07, 6.45) is 1.38. The summed E-state index contributed by atoms with van der Waals surface area (Å²) in [4.78, 5) is 14.9. The molecule has 0 bridgehead atoms. The van der Waals surface area contributed by atoms with Crippen LogP contribution in [-0.2, 0) is 4.74 Å². The van der Waals surface area contributed by atoms with Crippen LogP contribution in [0, 0.1) is 11.8 Å². The van der Waals surface area contributed by atoms with E-state index in [4.69, 9.17) is 4.74 Å². The molecule has 16 heavy (non-hydrogen) atoms. The Bertz CT molecular complexity index is 405. The first-order chi connectivity index (χ1) is 7.77. The smallest absolute Gasteiger partial charge is 0.356 e. The van der Waals surface area contributed by atoms with E-state index in [9.17, 15) is 9.18 Å². The molecule has 0 radical (unpaired) electrons. The molecule has 0 aromatic carbocycles. The monoisotopic (exact) mass is 223 g/mol. The second-order valence-electron chi connectivity index (χ2n) is 2.65. The van der Waals surface area contributed by atoms with Crippen LogP contribution < -0.4 is 4.74 Å². The lowest BCUT2D eigenvalue weighted by Crippen LogP contribution is -2.04. The number of carbonyl (C=O) groups excluding carboxylic acids is 1. The van der Waals surface area contributed by atoms with Gasteiger partial charge in [-0.2, -0.15) is 0 Å². The Morgan fingerprint density at radius 1 is 1.50 bits per heavy atom. The Balaban J connectivity index is 2.54. The molecule has 1 rings (SSSR count). The van der Waals surface area contributed by atoms with Gasteiger partial charge in [-0.3, -0.25) is 0 Å². The quantitative estimate of drug-likeness (QED) is 0.571. The second kappa shape index (κ2) is 6.40. The summed E-state index contributed by atoms with van der Waals surface area (Å²) in [5, 5.41) is 0. The van der Waals surface area contributed by atoms with Crippen molar-refractivity contribution in [3.8, 4) is 17.6 Å². The van der Waals surface area contributed by atoms with Crippen molar-refractivity contribution in [2.45, 2.75) is 0 Å². The van der Waals surface area contributed by atoms with Gasteiger partial charge in [0.25, 0.3) is 0 Å². The number of aromatic nitrogens is 1. The highest BCUT2D eigenvalue weighted by Gasteiger charge is 2.05. The first-order valence-electron chi connectivity index (χ1n) is 4.46. The molecule has 1 heterocycles. The van der Waals surface area contributed by atoms with Crippen molar-refractivity contribution >= 4 is 5.97 Å². The maximum absolute atomic E-state index is 11.6. The third-order valence-electron chi connectivity index (χ3n) is 1.63. The zero-order valence-corrected chi connectivity index (χ0v) is 8.70. The summed E-state index contributed by atoms with van der Waals surface area (Å²) < 4.78 is 21.2. The van der Waals surface area contributed by atoms with Gasteiger partial charge in [0.05, 0.1) is 13.3 Å². The van der Waals surface area contributed by atoms with E-state index in [0.29, 0.717) is 5.75 Å². The summed E-state index contributed by atoms with van der Waals surface area (Å²) in [5.41, 5.74) is 0.199. The van der Waals surface area contributed by atoms with Gasteiger partial charge in [-0.25, -0.2) is 14.2 Å². The Morgan fingerprint density at radius 3 is 2.88 bits per heavy atom. The van der Waals surface area contributed by atoms with E-state index in [1.165, 1.54) is 19.4 Å². The second-order valence-corrected chi connectivity index (χ2v) is 2.65. The number of pyridine rings is 1. The van der Waals surface area contributed by atoms with Gasteiger partial charge < -0.3 is 9.47 Å². The van der Waals surface area contributed by atoms with Gasteiger partial charge in [0.2, 0.25) is 0 Å². The number of methoxy groups -OCH3 is 1. The molecule has 0 unspecified atom stereocenters. The maximum Gasteiger partial charge on any atom is 0.356 e. The molecule has 0 fully saturated rings. The van der Waals surface area contributed by atoms with Crippen molar-refractivity contribution in [2.24, 2.45) is 0 Å². The van der Waals surface area contributed by atoms with Crippen LogP contribution in [0.3, 0.4) is 0 Å². The molecule has 84 valence electrons. The van der Waals surface area contributed by atoms with Gasteiger partial charge >= 0.3 is 5.97 Å². The summed E-state index contributed by atoms with van der Waals surface area (Å²) in [6, 6.07) is 3.04. The average Bonchev–Trinajstić information content (AvgIpc) is 2.34. The third kappa shape index (κ3) is 3.58. The van der Waals surface area contributed by atoms with Crippen LogP contribution in [0.15, 0.2) is 18.3 Å². The molecular weight excluding hydrogens is 213 g/mol. The average molecular weight is 223 g/mol. The van der Waals surface area contributed by atoms with Crippen molar-refractivity contribution < 1.29 is 18.7 Å². The lowest BCUT2D eigenvalue weighted by molar-refractivity contribution is 0.0594. The van der Waals surface area contributed by atoms with Crippen molar-refractivity contribution in [2.75, 3.05) is 20.4 Å². The van der Waals surface area contributed by atoms with E-state index in [0.717, 1.165) is 0 Å². The van der Waals surface area contributed by atoms with E-state index in [1.807, 2.05) is 0 Å². The molecule has 1 aromatic heterocycles. The van der Waals surface area contributed by atoms with Crippen LogP contribution >= 0.6 is 0 Å². The van der Waals surface area contributed by atoms with Crippen molar-refractivity contribution in [1.29, 1.82) is 0 Å². The van der Waals surface area contributed by atoms with Crippen molar-refractivity contribution in [1.82, 2.24) is 4.98 Å². The number of esters is 1. The van der Waals surface area contributed by atoms with Crippen molar-refractivity contribution in [3.63, 3.8) is 0 Å². The van der Waals surface area contributed by atoms with Crippen LogP contribution in [0.2, 0.25) is 0 Å². The fourth-order valence-corrected chi connectivity index (χ4v) is 0.909. The number of ether oxygens (including phenoxy) is 2. The molecule has 0 spiro atoms. The molecule has 0 amide bonds. The molecule has 0 aliphatic rings. The molecule has 1 aromatic rings. The number of rotatable bonds is 3. The fraction of sp³-hybridized carbons (Fsp3) is 0.273. The number of nitrogens with zero attached hydrogens (tertiary/aromatic N) is 1. The lowest BCUT2D eigenvalue weighted by atomic mass is 10.3. The highest BCUT2D eigenvalue weighted by molar-refractivity contribution is 5.87. The summed E-state index contributed by atoms with van der Waals surface area (Å²) in [5.74, 6) is 4.64. The number of alkyl halides is 1. The van der Waals surface area contributed by atoms with E-state index >= 15 is 0 Å². The van der Waals surface area contributed by atoms with E-state index in [1.54, 1.807) is 6.07 Å². The zero-order chi connectivity index (χ0) is 11.8. The highest BCUT2D eigenvalue weighted by Crippen LogP contribution is 2.09. The molecule has 0 N–H and O–H groups in total. The van der Waals surface area contributed by atoms with Gasteiger partial charge in [0.1, 0.15) is 24.7 Å². The first kappa shape index (κ1) is 12.0. The maximum atomic E-state index is 11.6. The SMILES string of the molecule is COC(=O)c1ccc(OCC#CCF)cn1. The highest BCUT2D eigenvalue weighted by atomic mass is 19.1. The molecule has 4 nitrogen and oxygen atoms in total. The molecule has 0 aliphatic heterocycles. The topological polar surface area (TPSA) is 48.4 Å². The summed E-state index contributed by atoms with van der Waals surface area (Å²) >= 11 is 0. The summed E-state index contributed by atoms with van der Waals surface area (Å²) in [6.45, 7) is -0.605. The van der Waals surface area contributed by atoms with E-state index in [2.05, 4.69) is 21.6 Å². The fourth-order valence-electron chi connectivity index (χ4n) is 0.909. The van der Waals surface area contributed by atoms with E-state index < -0.39 is 12.6 Å². The Morgan fingerprint density at radius 2 is 2.31 bits per heavy atom. The van der Waals surface area contributed by atoms with Gasteiger partial charge in [-0.05, 0) is 12.1 Å². The standard InChI is InChI=1S/C11H10FNO3/c1-15-11(14)10-5-4-9(8-13-10)16-7-3-2-6-12/h4-5,8H,6-7H2,1H3. The van der Waals surface area contributed by atoms with Crippen molar-refractivity contribution in [3.05, 3.63) is 24.0 Å². The minimum atomic E-state index is -0.692. The number of hydrogen-bond donors (Lipinski definition) is 0. The van der Waals surface area contributed by atoms with Gasteiger partial charge in [-0.15, -0.1) is 0 Å². The van der Waals surface area contributed by atoms with E-state index in [-0.39, 0.29) is 12.3 Å². The molecule has 0 aliphatic carbocycles. The van der Waals surface area contributed by atoms with Gasteiger partial charge in [0.15, 0.2) is 0 Å². The zero-order valence-electron chi connectivity index (χ0n) is 8.70. The van der Waals surface area contributed by atoms with Crippen LogP contribution in [0.25, 0.3) is 0 Å². The number of hydrogen-bond acceptors (Lipinski definition) is 4. The predicted octanol–water partition coefficient (Wildman–Crippen LogP) is 1.22. The molecule has 5 heteroatoms. The number of halogens is 1. The third-order valence-corrected chi connectivity index (χ3v) is 1.63. The van der Waals surface area contributed by atoms with Crippen LogP contribution in [0.5, 0.6) is 5.75 Å². The lowest BCUT2D eigenvalue weighted by Gasteiger charge is -2.02. The van der Waals surface area contributed by atoms with Gasteiger partial charge in [0, 0.05) is 0 Å². The molecule has 0 saturated heterocycles. The minimum Gasteiger partial charge on any atom is -0.479 e. The Kier molecular flexibility index (Phi) is 4.80. The first-order valence-corrected chi connectivity index (χ1v) is 4.46. The number of carbonyl (C=O) groups is 1. The van der Waals surface area contributed by atoms with Gasteiger partial charge in [-0.1, -0.05) is 11.8 Å². The Labute approximate surface area is 92.4 Å². The minimum absolute atomic E-state index is 0.0865. The van der Waals surface area contributed by atoms with Crippen LogP contribution in [0.1, 0.15) is 10.5 Å².